The van der Waals surface area contributed by atoms with Crippen molar-refractivity contribution >= 4 is 34.4 Å². The Labute approximate surface area is 152 Å². The summed E-state index contributed by atoms with van der Waals surface area (Å²) in [5.41, 5.74) is 5.48. The molecule has 0 aromatic heterocycles. The molecule has 1 aliphatic carbocycles. The topological polar surface area (TPSA) is 125 Å². The van der Waals surface area contributed by atoms with E-state index in [4.69, 9.17) is 5.73 Å². The lowest BCUT2D eigenvalue weighted by Gasteiger charge is -2.18. The van der Waals surface area contributed by atoms with Gasteiger partial charge < -0.3 is 15.2 Å². The molecule has 140 valence electrons. The Hall–Kier alpha value is -1.68. The van der Waals surface area contributed by atoms with Gasteiger partial charge in [0.25, 0.3) is 0 Å². The quantitative estimate of drug-likeness (QED) is 0.654. The molecule has 2 rings (SSSR count). The fraction of sp³-hybridized carbons (Fsp3) is 0.467. The number of carbonyl (C=O) groups excluding carboxylic acids is 2. The number of hydrogen-bond acceptors (Lipinski definition) is 7. The van der Waals surface area contributed by atoms with Crippen LogP contribution in [0.1, 0.15) is 33.6 Å². The predicted molar refractivity (Wildman–Crippen MR) is 92.3 cm³/mol. The third-order valence-electron chi connectivity index (χ3n) is 3.85. The lowest BCUT2D eigenvalue weighted by atomic mass is 10.1. The molecule has 25 heavy (non-hydrogen) atoms. The Morgan fingerprint density at radius 3 is 2.32 bits per heavy atom. The zero-order valence-electron chi connectivity index (χ0n) is 13.9. The van der Waals surface area contributed by atoms with Gasteiger partial charge in [-0.2, -0.15) is 0 Å². The van der Waals surface area contributed by atoms with E-state index < -0.39 is 28.0 Å². The molecule has 0 aliphatic heterocycles. The van der Waals surface area contributed by atoms with Crippen LogP contribution in [0.5, 0.6) is 0 Å². The normalized spacial score (nSPS) is 15.0. The number of rotatable bonds is 7. The molecule has 10 heteroatoms. The van der Waals surface area contributed by atoms with Crippen LogP contribution in [0.2, 0.25) is 0 Å². The van der Waals surface area contributed by atoms with Crippen molar-refractivity contribution < 1.29 is 27.5 Å². The van der Waals surface area contributed by atoms with Crippen molar-refractivity contribution in [3.63, 3.8) is 0 Å². The molecule has 1 fully saturated rings. The van der Waals surface area contributed by atoms with Crippen LogP contribution in [0, 0.1) is 5.92 Å². The summed E-state index contributed by atoms with van der Waals surface area (Å²) < 4.78 is 37.1. The number of halogens is 1. The molecule has 0 spiro atoms. The first-order valence-electron chi connectivity index (χ1n) is 7.37. The van der Waals surface area contributed by atoms with E-state index in [0.29, 0.717) is 0 Å². The van der Waals surface area contributed by atoms with Gasteiger partial charge in [-0.3, -0.25) is 0 Å². The van der Waals surface area contributed by atoms with Crippen LogP contribution in [0.25, 0.3) is 0 Å². The summed E-state index contributed by atoms with van der Waals surface area (Å²) in [4.78, 5) is 23.2. The second-order valence-electron chi connectivity index (χ2n) is 5.50. The van der Waals surface area contributed by atoms with Gasteiger partial charge in [-0.25, -0.2) is 22.7 Å². The van der Waals surface area contributed by atoms with Crippen molar-refractivity contribution in [1.29, 1.82) is 0 Å². The second-order valence-corrected chi connectivity index (χ2v) is 7.18. The van der Waals surface area contributed by atoms with Crippen LogP contribution in [-0.4, -0.2) is 47.2 Å². The smallest absolute Gasteiger partial charge is 0.339 e. The van der Waals surface area contributed by atoms with Gasteiger partial charge in [-0.15, -0.1) is 12.4 Å². The molecule has 1 atom stereocenters. The first-order valence-corrected chi connectivity index (χ1v) is 8.85. The highest BCUT2D eigenvalue weighted by molar-refractivity contribution is 7.89. The molecule has 1 saturated carbocycles. The van der Waals surface area contributed by atoms with Crippen LogP contribution in [0.3, 0.4) is 0 Å². The van der Waals surface area contributed by atoms with E-state index in [1.807, 2.05) is 0 Å². The molecule has 0 saturated heterocycles. The first kappa shape index (κ1) is 21.4. The maximum atomic E-state index is 12.7. The number of nitrogens with two attached hydrogens (primary N) is 1. The highest BCUT2D eigenvalue weighted by Gasteiger charge is 2.35. The highest BCUT2D eigenvalue weighted by atomic mass is 35.5. The van der Waals surface area contributed by atoms with E-state index >= 15 is 0 Å². The lowest BCUT2D eigenvalue weighted by molar-refractivity contribution is 0.0583. The lowest BCUT2D eigenvalue weighted by Crippen LogP contribution is -2.42. The van der Waals surface area contributed by atoms with Crippen LogP contribution < -0.4 is 10.5 Å². The van der Waals surface area contributed by atoms with Gasteiger partial charge in [0.15, 0.2) is 0 Å². The van der Waals surface area contributed by atoms with Crippen molar-refractivity contribution in [1.82, 2.24) is 4.72 Å². The number of hydrogen-bond donors (Lipinski definition) is 2. The molecular weight excluding hydrogens is 372 g/mol. The van der Waals surface area contributed by atoms with Crippen molar-refractivity contribution in [2.45, 2.75) is 23.8 Å². The maximum absolute atomic E-state index is 12.7. The van der Waals surface area contributed by atoms with Gasteiger partial charge in [-0.1, -0.05) is 0 Å². The fourth-order valence-corrected chi connectivity index (χ4v) is 3.90. The van der Waals surface area contributed by atoms with E-state index in [1.54, 1.807) is 0 Å². The van der Waals surface area contributed by atoms with Gasteiger partial charge in [0.05, 0.1) is 30.2 Å². The zero-order chi connectivity index (χ0) is 17.9. The zero-order valence-corrected chi connectivity index (χ0v) is 15.5. The van der Waals surface area contributed by atoms with Crippen molar-refractivity contribution in [2.24, 2.45) is 11.7 Å². The minimum absolute atomic E-state index is 0. The summed E-state index contributed by atoms with van der Waals surface area (Å²) in [6, 6.07) is 3.21. The Morgan fingerprint density at radius 2 is 1.84 bits per heavy atom. The molecule has 0 amide bonds. The minimum Gasteiger partial charge on any atom is -0.465 e. The predicted octanol–water partition coefficient (Wildman–Crippen LogP) is 0.697. The average molecular weight is 393 g/mol. The van der Waals surface area contributed by atoms with Crippen molar-refractivity contribution in [2.75, 3.05) is 20.8 Å². The second kappa shape index (κ2) is 8.61. The first-order chi connectivity index (χ1) is 11.3. The van der Waals surface area contributed by atoms with E-state index in [9.17, 15) is 18.0 Å². The average Bonchev–Trinajstić information content (AvgIpc) is 3.42. The fourth-order valence-electron chi connectivity index (χ4n) is 2.37. The van der Waals surface area contributed by atoms with Crippen LogP contribution in [-0.2, 0) is 19.5 Å². The number of methoxy groups -OCH3 is 2. The summed E-state index contributed by atoms with van der Waals surface area (Å²) in [6.45, 7) is 0.147. The van der Waals surface area contributed by atoms with E-state index in [0.717, 1.165) is 26.0 Å². The summed E-state index contributed by atoms with van der Waals surface area (Å²) in [5, 5.41) is 0. The largest absolute Gasteiger partial charge is 0.465 e. The van der Waals surface area contributed by atoms with Gasteiger partial charge in [0.2, 0.25) is 10.0 Å². The van der Waals surface area contributed by atoms with Crippen LogP contribution in [0.15, 0.2) is 23.1 Å². The van der Waals surface area contributed by atoms with Gasteiger partial charge >= 0.3 is 11.9 Å². The molecule has 8 nitrogen and oxygen atoms in total. The molecule has 1 unspecified atom stereocenters. The minimum atomic E-state index is -4.07. The van der Waals surface area contributed by atoms with Gasteiger partial charge in [-0.05, 0) is 37.0 Å². The molecular formula is C15H21ClN2O6S. The van der Waals surface area contributed by atoms with Gasteiger partial charge in [0, 0.05) is 12.6 Å². The number of ether oxygens (including phenoxy) is 2. The molecule has 1 aliphatic rings. The molecule has 1 aromatic rings. The number of benzene rings is 1. The Balaban J connectivity index is 0.00000312. The maximum Gasteiger partial charge on any atom is 0.339 e. The van der Waals surface area contributed by atoms with E-state index in [2.05, 4.69) is 14.2 Å². The van der Waals surface area contributed by atoms with E-state index in [1.165, 1.54) is 19.2 Å². The number of esters is 2. The molecule has 0 heterocycles. The number of sulfonamides is 1. The third-order valence-corrected chi connectivity index (χ3v) is 5.38. The Kier molecular flexibility index (Phi) is 7.36. The molecule has 0 radical (unpaired) electrons. The van der Waals surface area contributed by atoms with Crippen LogP contribution in [0.4, 0.5) is 0 Å². The molecule has 3 N–H and O–H groups in total. The Morgan fingerprint density at radius 1 is 1.24 bits per heavy atom. The number of carbonyl (C=O) groups is 2. The highest BCUT2D eigenvalue weighted by Crippen LogP contribution is 2.33. The van der Waals surface area contributed by atoms with Crippen molar-refractivity contribution in [3.05, 3.63) is 29.3 Å². The summed E-state index contributed by atoms with van der Waals surface area (Å²) in [5.74, 6) is -1.34. The summed E-state index contributed by atoms with van der Waals surface area (Å²) >= 11 is 0. The van der Waals surface area contributed by atoms with E-state index in [-0.39, 0.29) is 40.9 Å². The molecule has 1 aromatic carbocycles. The van der Waals surface area contributed by atoms with Crippen LogP contribution >= 0.6 is 12.4 Å². The summed E-state index contributed by atoms with van der Waals surface area (Å²) in [6.07, 6.45) is 1.80. The SMILES string of the molecule is COC(=O)c1ccc(C(=O)OC)c(S(=O)(=O)NC(CN)C2CC2)c1.Cl. The third kappa shape index (κ3) is 4.91. The number of nitrogens with one attached hydrogen (secondary N) is 1. The van der Waals surface area contributed by atoms with Crippen molar-refractivity contribution in [3.8, 4) is 0 Å². The monoisotopic (exact) mass is 392 g/mol. The molecule has 0 bridgehead atoms. The van der Waals surface area contributed by atoms with Gasteiger partial charge in [0.1, 0.15) is 0 Å². The Bertz CT molecular complexity index is 748. The summed E-state index contributed by atoms with van der Waals surface area (Å²) in [7, 11) is -1.74. The standard InChI is InChI=1S/C15H20N2O6S.ClH/c1-22-14(18)10-5-6-11(15(19)23-2)13(7-10)24(20,21)17-12(8-16)9-3-4-9;/h5-7,9,12,17H,3-4,8,16H2,1-2H3;1H.